The highest BCUT2D eigenvalue weighted by Crippen LogP contribution is 2.34. The Hall–Kier alpha value is -1.94. The maximum atomic E-state index is 11.9. The third-order valence-corrected chi connectivity index (χ3v) is 3.17. The number of carbonyl (C=O) groups is 1. The summed E-state index contributed by atoms with van der Waals surface area (Å²) < 4.78 is 0. The highest BCUT2D eigenvalue weighted by atomic mass is 16.2. The smallest absolute Gasteiger partial charge is 0.244 e. The number of nitrogens with two attached hydrogens (primary N) is 1. The molecule has 86 valence electrons. The number of aromatic nitrogens is 1. The van der Waals surface area contributed by atoms with Gasteiger partial charge in [-0.15, -0.1) is 0 Å². The fourth-order valence-corrected chi connectivity index (χ4v) is 1.84. The number of nitrogens with zero attached hydrogens (tertiary/aromatic N) is 1. The van der Waals surface area contributed by atoms with Crippen LogP contribution in [0.1, 0.15) is 12.8 Å². The van der Waals surface area contributed by atoms with E-state index in [1.165, 1.54) is 0 Å². The van der Waals surface area contributed by atoms with Gasteiger partial charge in [-0.25, -0.2) is 0 Å². The number of rotatable bonds is 2. The Labute approximate surface area is 98.8 Å². The van der Waals surface area contributed by atoms with Gasteiger partial charge in [0.2, 0.25) is 5.91 Å². The summed E-state index contributed by atoms with van der Waals surface area (Å²) in [7, 11) is 0. The van der Waals surface area contributed by atoms with Gasteiger partial charge in [0.1, 0.15) is 0 Å². The van der Waals surface area contributed by atoms with E-state index in [-0.39, 0.29) is 5.91 Å². The first-order chi connectivity index (χ1) is 8.19. The molecule has 4 heteroatoms. The van der Waals surface area contributed by atoms with Gasteiger partial charge in [-0.1, -0.05) is 12.1 Å². The molecule has 1 heterocycles. The molecule has 0 bridgehead atoms. The molecule has 0 radical (unpaired) electrons. The van der Waals surface area contributed by atoms with Crippen molar-refractivity contribution in [2.75, 3.05) is 5.32 Å². The third-order valence-electron chi connectivity index (χ3n) is 3.17. The maximum absolute atomic E-state index is 11.9. The van der Waals surface area contributed by atoms with Crippen molar-refractivity contribution >= 4 is 22.4 Å². The van der Waals surface area contributed by atoms with Crippen LogP contribution in [0.3, 0.4) is 0 Å². The largest absolute Gasteiger partial charge is 0.324 e. The van der Waals surface area contributed by atoms with Crippen LogP contribution in [0.2, 0.25) is 0 Å². The Morgan fingerprint density at radius 1 is 1.35 bits per heavy atom. The molecule has 1 aliphatic rings. The Balaban J connectivity index is 1.97. The number of nitrogens with one attached hydrogen (secondary N) is 1. The molecule has 3 rings (SSSR count). The molecule has 0 unspecified atom stereocenters. The third kappa shape index (κ3) is 1.76. The van der Waals surface area contributed by atoms with Gasteiger partial charge in [0.05, 0.1) is 5.54 Å². The monoisotopic (exact) mass is 227 g/mol. The zero-order valence-electron chi connectivity index (χ0n) is 9.31. The van der Waals surface area contributed by atoms with Crippen molar-refractivity contribution in [3.05, 3.63) is 36.7 Å². The number of anilines is 1. The van der Waals surface area contributed by atoms with Gasteiger partial charge in [0.25, 0.3) is 0 Å². The van der Waals surface area contributed by atoms with Crippen molar-refractivity contribution < 1.29 is 4.79 Å². The lowest BCUT2D eigenvalue weighted by molar-refractivity contribution is -0.118. The number of pyridine rings is 1. The number of fused-ring (bicyclic) bond motifs is 1. The summed E-state index contributed by atoms with van der Waals surface area (Å²) in [4.78, 5) is 15.9. The summed E-state index contributed by atoms with van der Waals surface area (Å²) in [6.07, 6.45) is 5.03. The Kier molecular flexibility index (Phi) is 2.12. The molecule has 0 atom stereocenters. The van der Waals surface area contributed by atoms with Crippen LogP contribution in [0.5, 0.6) is 0 Å². The molecule has 17 heavy (non-hydrogen) atoms. The van der Waals surface area contributed by atoms with E-state index in [1.54, 1.807) is 12.4 Å². The van der Waals surface area contributed by atoms with E-state index >= 15 is 0 Å². The van der Waals surface area contributed by atoms with Crippen molar-refractivity contribution in [2.24, 2.45) is 5.73 Å². The first-order valence-electron chi connectivity index (χ1n) is 5.62. The summed E-state index contributed by atoms with van der Waals surface area (Å²) in [5, 5.41) is 4.89. The van der Waals surface area contributed by atoms with Gasteiger partial charge in [0.15, 0.2) is 0 Å². The molecule has 1 aromatic carbocycles. The molecule has 1 aromatic heterocycles. The molecule has 1 aliphatic carbocycles. The fourth-order valence-electron chi connectivity index (χ4n) is 1.84. The lowest BCUT2D eigenvalue weighted by atomic mass is 10.1. The molecule has 0 spiro atoms. The molecule has 1 saturated carbocycles. The number of carbonyl (C=O) groups excluding carboxylic acids is 1. The van der Waals surface area contributed by atoms with Crippen molar-refractivity contribution in [1.29, 1.82) is 0 Å². The minimum atomic E-state index is -0.644. The van der Waals surface area contributed by atoms with Gasteiger partial charge < -0.3 is 11.1 Å². The van der Waals surface area contributed by atoms with Crippen LogP contribution in [0.25, 0.3) is 10.8 Å². The topological polar surface area (TPSA) is 68.0 Å². The second-order valence-electron chi connectivity index (χ2n) is 4.51. The second kappa shape index (κ2) is 3.53. The average molecular weight is 227 g/mol. The second-order valence-corrected chi connectivity index (χ2v) is 4.51. The summed E-state index contributed by atoms with van der Waals surface area (Å²) in [5.41, 5.74) is 6.01. The van der Waals surface area contributed by atoms with E-state index in [2.05, 4.69) is 10.3 Å². The van der Waals surface area contributed by atoms with E-state index in [9.17, 15) is 4.79 Å². The van der Waals surface area contributed by atoms with Crippen LogP contribution in [0.15, 0.2) is 36.7 Å². The first kappa shape index (κ1) is 10.2. The first-order valence-corrected chi connectivity index (χ1v) is 5.62. The highest BCUT2D eigenvalue weighted by Gasteiger charge is 2.45. The van der Waals surface area contributed by atoms with E-state index in [0.29, 0.717) is 0 Å². The van der Waals surface area contributed by atoms with E-state index in [4.69, 9.17) is 5.73 Å². The summed E-state index contributed by atoms with van der Waals surface area (Å²) in [6, 6.07) is 7.63. The Morgan fingerprint density at radius 2 is 2.18 bits per heavy atom. The summed E-state index contributed by atoms with van der Waals surface area (Å²) in [5.74, 6) is -0.0955. The lowest BCUT2D eigenvalue weighted by Gasteiger charge is -2.11. The van der Waals surface area contributed by atoms with Gasteiger partial charge in [-0.2, -0.15) is 0 Å². The molecule has 0 saturated heterocycles. The summed E-state index contributed by atoms with van der Waals surface area (Å²) >= 11 is 0. The molecule has 1 fully saturated rings. The van der Waals surface area contributed by atoms with Crippen molar-refractivity contribution in [3.63, 3.8) is 0 Å². The minimum Gasteiger partial charge on any atom is -0.324 e. The maximum Gasteiger partial charge on any atom is 0.244 e. The summed E-state index contributed by atoms with van der Waals surface area (Å²) in [6.45, 7) is 0. The number of hydrogen-bond donors (Lipinski definition) is 2. The standard InChI is InChI=1S/C13H13N3O/c14-13(5-6-13)12(17)16-11-3-1-2-9-8-15-7-4-10(9)11/h1-4,7-8H,5-6,14H2,(H,16,17). The molecule has 2 aromatic rings. The normalized spacial score (nSPS) is 16.8. The van der Waals surface area contributed by atoms with Gasteiger partial charge in [0, 0.05) is 28.9 Å². The molecule has 1 amide bonds. The van der Waals surface area contributed by atoms with Gasteiger partial charge >= 0.3 is 0 Å². The van der Waals surface area contributed by atoms with Crippen LogP contribution in [-0.4, -0.2) is 16.4 Å². The molecule has 4 nitrogen and oxygen atoms in total. The zero-order chi connectivity index (χ0) is 11.9. The highest BCUT2D eigenvalue weighted by molar-refractivity contribution is 6.06. The van der Waals surface area contributed by atoms with Crippen molar-refractivity contribution in [2.45, 2.75) is 18.4 Å². The number of hydrogen-bond acceptors (Lipinski definition) is 3. The number of benzene rings is 1. The van der Waals surface area contributed by atoms with Gasteiger partial charge in [-0.3, -0.25) is 9.78 Å². The molecule has 3 N–H and O–H groups in total. The number of amides is 1. The average Bonchev–Trinajstić information content (AvgIpc) is 3.09. The van der Waals surface area contributed by atoms with Crippen LogP contribution in [0, 0.1) is 0 Å². The van der Waals surface area contributed by atoms with Crippen LogP contribution in [0.4, 0.5) is 5.69 Å². The molecule has 0 aliphatic heterocycles. The van der Waals surface area contributed by atoms with Crippen molar-refractivity contribution in [1.82, 2.24) is 4.98 Å². The Morgan fingerprint density at radius 3 is 2.94 bits per heavy atom. The van der Waals surface area contributed by atoms with Gasteiger partial charge in [-0.05, 0) is 25.0 Å². The molecular weight excluding hydrogens is 214 g/mol. The zero-order valence-corrected chi connectivity index (χ0v) is 9.31. The van der Waals surface area contributed by atoms with Crippen LogP contribution < -0.4 is 11.1 Å². The minimum absolute atomic E-state index is 0.0955. The quantitative estimate of drug-likeness (QED) is 0.820. The predicted molar refractivity (Wildman–Crippen MR) is 66.5 cm³/mol. The van der Waals surface area contributed by atoms with Crippen molar-refractivity contribution in [3.8, 4) is 0 Å². The van der Waals surface area contributed by atoms with E-state index in [1.807, 2.05) is 24.3 Å². The predicted octanol–water partition coefficient (Wildman–Crippen LogP) is 1.66. The fraction of sp³-hybridized carbons (Fsp3) is 0.231. The van der Waals surface area contributed by atoms with E-state index in [0.717, 1.165) is 29.3 Å². The lowest BCUT2D eigenvalue weighted by Crippen LogP contribution is -2.37. The van der Waals surface area contributed by atoms with E-state index < -0.39 is 5.54 Å². The van der Waals surface area contributed by atoms with Crippen LogP contribution >= 0.6 is 0 Å². The molecular formula is C13H13N3O. The SMILES string of the molecule is NC1(C(=O)Nc2cccc3cnccc23)CC1. The van der Waals surface area contributed by atoms with Crippen LogP contribution in [-0.2, 0) is 4.79 Å². The Bertz CT molecular complexity index is 585.